The fraction of sp³-hybridized carbons (Fsp3) is 0.286. The summed E-state index contributed by atoms with van der Waals surface area (Å²) in [6, 6.07) is 0. The molecule has 0 amide bonds. The van der Waals surface area contributed by atoms with Gasteiger partial charge in [-0.25, -0.2) is 0 Å². The van der Waals surface area contributed by atoms with Crippen LogP contribution in [0.1, 0.15) is 0 Å². The smallest absolute Gasteiger partial charge is 0.151 e. The first-order chi connectivity index (χ1) is 4.30. The van der Waals surface area contributed by atoms with Gasteiger partial charge in [0.1, 0.15) is 0 Å². The zero-order chi connectivity index (χ0) is 6.69. The number of hydrogen-bond acceptors (Lipinski definition) is 2. The number of rotatable bonds is 1. The summed E-state index contributed by atoms with van der Waals surface area (Å²) in [5, 5.41) is 3.09. The summed E-state index contributed by atoms with van der Waals surface area (Å²) in [6.07, 6.45) is 9.03. The lowest BCUT2D eigenvalue weighted by atomic mass is 10.3. The Morgan fingerprint density at radius 3 is 2.44 bits per heavy atom. The Morgan fingerprint density at radius 1 is 1.33 bits per heavy atom. The number of allylic oxidation sites excluding steroid dienone is 2. The van der Waals surface area contributed by atoms with E-state index in [9.17, 15) is 0 Å². The molecular formula is C7H11N2. The molecule has 1 radical (unpaired) electrons. The molecule has 2 heteroatoms. The van der Waals surface area contributed by atoms with Crippen LogP contribution in [0.4, 0.5) is 0 Å². The molecule has 9 heavy (non-hydrogen) atoms. The van der Waals surface area contributed by atoms with Gasteiger partial charge in [0.25, 0.3) is 0 Å². The predicted octanol–water partition coefficient (Wildman–Crippen LogP) is 0.711. The van der Waals surface area contributed by atoms with E-state index in [4.69, 9.17) is 0 Å². The number of hydrogen-bond donors (Lipinski definition) is 1. The topological polar surface area (TPSA) is 15.3 Å². The maximum atomic E-state index is 3.09. The van der Waals surface area contributed by atoms with E-state index in [1.165, 1.54) is 0 Å². The Morgan fingerprint density at radius 2 is 2.11 bits per heavy atom. The molecule has 1 N–H and O–H groups in total. The van der Waals surface area contributed by atoms with Gasteiger partial charge in [0.15, 0.2) is 6.17 Å². The van der Waals surface area contributed by atoms with Crippen LogP contribution < -0.4 is 5.32 Å². The van der Waals surface area contributed by atoms with Crippen LogP contribution in [0, 0.1) is 6.17 Å². The van der Waals surface area contributed by atoms with Crippen LogP contribution in [0.5, 0.6) is 0 Å². The van der Waals surface area contributed by atoms with E-state index in [1.807, 2.05) is 43.4 Å². The van der Waals surface area contributed by atoms with Crippen molar-refractivity contribution in [2.45, 2.75) is 0 Å². The van der Waals surface area contributed by atoms with Crippen molar-refractivity contribution in [2.24, 2.45) is 0 Å². The maximum Gasteiger partial charge on any atom is 0.151 e. The van der Waals surface area contributed by atoms with Crippen LogP contribution in [0.3, 0.4) is 0 Å². The quantitative estimate of drug-likeness (QED) is 0.552. The number of dihydropyridines is 1. The minimum Gasteiger partial charge on any atom is -0.367 e. The lowest BCUT2D eigenvalue weighted by molar-refractivity contribution is 0.418. The lowest BCUT2D eigenvalue weighted by Crippen LogP contribution is -2.29. The first-order valence-electron chi connectivity index (χ1n) is 2.95. The molecule has 0 aromatic rings. The molecule has 49 valence electrons. The summed E-state index contributed by atoms with van der Waals surface area (Å²) in [4.78, 5) is 2.03. The van der Waals surface area contributed by atoms with Gasteiger partial charge < -0.3 is 5.32 Å². The number of likely N-dealkylation sites (N-methyl/N-ethyl adjacent to an activating group) is 1. The molecule has 1 aliphatic heterocycles. The normalized spacial score (nSPS) is 18.6. The Labute approximate surface area is 55.9 Å². The Kier molecular flexibility index (Phi) is 1.90. The Hall–Kier alpha value is -0.760. The van der Waals surface area contributed by atoms with Gasteiger partial charge in [0, 0.05) is 0 Å². The second-order valence-corrected chi connectivity index (χ2v) is 2.14. The fourth-order valence-corrected chi connectivity index (χ4v) is 0.662. The fourth-order valence-electron chi connectivity index (χ4n) is 0.662. The highest BCUT2D eigenvalue weighted by Gasteiger charge is 2.05. The maximum absolute atomic E-state index is 3.09. The van der Waals surface area contributed by atoms with Gasteiger partial charge in [0.2, 0.25) is 0 Å². The molecule has 0 spiro atoms. The standard InChI is InChI=1S/C7H11N2/c1-9(2)7-5-3-4-6-8-7/h3-6,8H,1-2H3. The molecule has 1 heterocycles. The van der Waals surface area contributed by atoms with Crippen LogP contribution in [0.25, 0.3) is 0 Å². The van der Waals surface area contributed by atoms with E-state index in [2.05, 4.69) is 5.32 Å². The second kappa shape index (κ2) is 2.69. The van der Waals surface area contributed by atoms with Gasteiger partial charge in [-0.15, -0.1) is 0 Å². The SMILES string of the molecule is CN(C)[C]1C=CC=CN1. The summed E-state index contributed by atoms with van der Waals surface area (Å²) in [5.74, 6) is 0. The molecular weight excluding hydrogens is 112 g/mol. The molecule has 0 saturated heterocycles. The molecule has 0 atom stereocenters. The van der Waals surface area contributed by atoms with E-state index in [-0.39, 0.29) is 0 Å². The molecule has 0 fully saturated rings. The van der Waals surface area contributed by atoms with Gasteiger partial charge in [0.05, 0.1) is 0 Å². The second-order valence-electron chi connectivity index (χ2n) is 2.14. The summed E-state index contributed by atoms with van der Waals surface area (Å²) in [6.45, 7) is 0. The minimum absolute atomic E-state index is 1.12. The van der Waals surface area contributed by atoms with Crippen molar-refractivity contribution in [3.63, 3.8) is 0 Å². The van der Waals surface area contributed by atoms with Crippen molar-refractivity contribution < 1.29 is 0 Å². The highest BCUT2D eigenvalue weighted by molar-refractivity contribution is 5.19. The molecule has 2 nitrogen and oxygen atoms in total. The highest BCUT2D eigenvalue weighted by Crippen LogP contribution is 2.03. The average Bonchev–Trinajstić information content (AvgIpc) is 1.90. The monoisotopic (exact) mass is 123 g/mol. The summed E-state index contributed by atoms with van der Waals surface area (Å²) in [5.41, 5.74) is 0. The average molecular weight is 123 g/mol. The first kappa shape index (κ1) is 6.36. The molecule has 0 unspecified atom stereocenters. The van der Waals surface area contributed by atoms with Gasteiger partial charge >= 0.3 is 0 Å². The molecule has 0 aromatic heterocycles. The van der Waals surface area contributed by atoms with E-state index in [1.54, 1.807) is 0 Å². The van der Waals surface area contributed by atoms with E-state index >= 15 is 0 Å². The third-order valence-electron chi connectivity index (χ3n) is 1.17. The lowest BCUT2D eigenvalue weighted by Gasteiger charge is -2.20. The third kappa shape index (κ3) is 1.57. The first-order valence-corrected chi connectivity index (χ1v) is 2.95. The van der Waals surface area contributed by atoms with Crippen molar-refractivity contribution >= 4 is 0 Å². The largest absolute Gasteiger partial charge is 0.367 e. The van der Waals surface area contributed by atoms with Crippen LogP contribution in [-0.4, -0.2) is 19.0 Å². The van der Waals surface area contributed by atoms with Crippen LogP contribution in [-0.2, 0) is 0 Å². The summed E-state index contributed by atoms with van der Waals surface area (Å²) >= 11 is 0. The van der Waals surface area contributed by atoms with Crippen molar-refractivity contribution in [3.8, 4) is 0 Å². The van der Waals surface area contributed by atoms with Crippen molar-refractivity contribution in [1.29, 1.82) is 0 Å². The van der Waals surface area contributed by atoms with Gasteiger partial charge in [-0.2, -0.15) is 0 Å². The summed E-state index contributed by atoms with van der Waals surface area (Å²) < 4.78 is 0. The number of nitrogens with one attached hydrogen (secondary N) is 1. The molecule has 1 aliphatic rings. The van der Waals surface area contributed by atoms with E-state index in [0.29, 0.717) is 0 Å². The minimum atomic E-state index is 1.12. The highest BCUT2D eigenvalue weighted by atomic mass is 15.2. The molecule has 0 aliphatic carbocycles. The van der Waals surface area contributed by atoms with Crippen LogP contribution >= 0.6 is 0 Å². The van der Waals surface area contributed by atoms with Crippen molar-refractivity contribution in [1.82, 2.24) is 10.2 Å². The van der Waals surface area contributed by atoms with Gasteiger partial charge in [-0.3, -0.25) is 4.90 Å². The summed E-state index contributed by atoms with van der Waals surface area (Å²) in [7, 11) is 4.01. The zero-order valence-corrected chi connectivity index (χ0v) is 5.76. The molecule has 0 bridgehead atoms. The van der Waals surface area contributed by atoms with Crippen LogP contribution in [0.2, 0.25) is 0 Å². The van der Waals surface area contributed by atoms with E-state index in [0.717, 1.165) is 6.17 Å². The van der Waals surface area contributed by atoms with Crippen molar-refractivity contribution in [3.05, 3.63) is 30.6 Å². The van der Waals surface area contributed by atoms with Crippen LogP contribution in [0.15, 0.2) is 24.4 Å². The van der Waals surface area contributed by atoms with E-state index < -0.39 is 0 Å². The third-order valence-corrected chi connectivity index (χ3v) is 1.17. The van der Waals surface area contributed by atoms with Gasteiger partial charge in [-0.1, -0.05) is 6.08 Å². The zero-order valence-electron chi connectivity index (χ0n) is 5.76. The molecule has 1 rings (SSSR count). The molecule has 0 saturated carbocycles. The van der Waals surface area contributed by atoms with Crippen molar-refractivity contribution in [2.75, 3.05) is 14.1 Å². The van der Waals surface area contributed by atoms with Gasteiger partial charge in [-0.05, 0) is 32.4 Å². The number of nitrogens with zero attached hydrogens (tertiary/aromatic N) is 1. The molecule has 0 aromatic carbocycles. The Balaban J connectivity index is 2.46. The predicted molar refractivity (Wildman–Crippen MR) is 38.3 cm³/mol. The Bertz CT molecular complexity index is 136.